The maximum Gasteiger partial charge on any atom is 0.0931 e. The fourth-order valence-electron chi connectivity index (χ4n) is 1.98. The molecule has 0 aliphatic heterocycles. The summed E-state index contributed by atoms with van der Waals surface area (Å²) in [5.74, 6) is 0. The first-order chi connectivity index (χ1) is 9.54. The zero-order valence-corrected chi connectivity index (χ0v) is 14.4. The number of benzene rings is 1. The van der Waals surface area contributed by atoms with Crippen molar-refractivity contribution in [1.29, 1.82) is 0 Å². The zero-order valence-electron chi connectivity index (χ0n) is 11.2. The topological polar surface area (TPSA) is 23.5 Å². The molecule has 0 aliphatic rings. The first-order valence-corrected chi connectivity index (χ1v) is 8.39. The summed E-state index contributed by atoms with van der Waals surface area (Å²) in [6.45, 7) is 1.71. The van der Waals surface area contributed by atoms with Gasteiger partial charge in [-0.05, 0) is 43.3 Å². The summed E-state index contributed by atoms with van der Waals surface area (Å²) in [5.41, 5.74) is 0.959. The molecule has 0 saturated carbocycles. The molecule has 0 bridgehead atoms. The molecule has 2 aromatic rings. The van der Waals surface area contributed by atoms with Gasteiger partial charge in [-0.25, -0.2) is 0 Å². The van der Waals surface area contributed by atoms with Crippen LogP contribution in [0.2, 0.25) is 4.34 Å². The fraction of sp³-hybridized carbons (Fsp3) is 0.333. The predicted molar refractivity (Wildman–Crippen MR) is 89.4 cm³/mol. The fourth-order valence-corrected chi connectivity index (χ4v) is 3.41. The van der Waals surface area contributed by atoms with Crippen molar-refractivity contribution >= 4 is 38.9 Å². The minimum absolute atomic E-state index is 0.419. The second-order valence-electron chi connectivity index (χ2n) is 4.80. The minimum atomic E-state index is -0.419. The summed E-state index contributed by atoms with van der Waals surface area (Å²) in [6.07, 6.45) is 0.300. The summed E-state index contributed by atoms with van der Waals surface area (Å²) in [4.78, 5) is 3.44. The van der Waals surface area contributed by atoms with Crippen molar-refractivity contribution in [3.63, 3.8) is 0 Å². The monoisotopic (exact) mass is 373 g/mol. The highest BCUT2D eigenvalue weighted by atomic mass is 79.9. The number of hydrogen-bond donors (Lipinski definition) is 1. The van der Waals surface area contributed by atoms with E-state index in [1.54, 1.807) is 11.3 Å². The van der Waals surface area contributed by atoms with Crippen LogP contribution in [0.5, 0.6) is 0 Å². The molecule has 1 atom stereocenters. The molecule has 0 radical (unpaired) electrons. The van der Waals surface area contributed by atoms with Crippen LogP contribution >= 0.6 is 38.9 Å². The molecule has 2 nitrogen and oxygen atoms in total. The van der Waals surface area contributed by atoms with Gasteiger partial charge in [0.2, 0.25) is 0 Å². The Kier molecular flexibility index (Phi) is 6.05. The van der Waals surface area contributed by atoms with E-state index in [0.29, 0.717) is 0 Å². The number of rotatable bonds is 6. The van der Waals surface area contributed by atoms with Crippen LogP contribution in [0.1, 0.15) is 23.0 Å². The molecule has 1 aromatic heterocycles. The Morgan fingerprint density at radius 3 is 2.55 bits per heavy atom. The molecule has 2 rings (SSSR count). The van der Waals surface area contributed by atoms with E-state index < -0.39 is 6.10 Å². The van der Waals surface area contributed by atoms with E-state index in [4.69, 9.17) is 11.6 Å². The van der Waals surface area contributed by atoms with E-state index in [-0.39, 0.29) is 0 Å². The van der Waals surface area contributed by atoms with Gasteiger partial charge in [0.05, 0.1) is 10.4 Å². The number of nitrogens with zero attached hydrogens (tertiary/aromatic N) is 1. The van der Waals surface area contributed by atoms with Crippen LogP contribution in [-0.2, 0) is 6.54 Å². The minimum Gasteiger partial charge on any atom is -0.388 e. The molecule has 108 valence electrons. The normalized spacial score (nSPS) is 12.8. The zero-order chi connectivity index (χ0) is 14.5. The lowest BCUT2D eigenvalue weighted by Crippen LogP contribution is -2.20. The quantitative estimate of drug-likeness (QED) is 0.791. The Morgan fingerprint density at radius 1 is 1.25 bits per heavy atom. The van der Waals surface area contributed by atoms with Gasteiger partial charge in [-0.15, -0.1) is 11.3 Å². The highest BCUT2D eigenvalue weighted by molar-refractivity contribution is 9.10. The molecule has 0 amide bonds. The van der Waals surface area contributed by atoms with Crippen molar-refractivity contribution in [2.75, 3.05) is 13.6 Å². The van der Waals surface area contributed by atoms with Crippen LogP contribution in [0.15, 0.2) is 40.9 Å². The van der Waals surface area contributed by atoms with Gasteiger partial charge in [0, 0.05) is 22.4 Å². The van der Waals surface area contributed by atoms with E-state index in [0.717, 1.165) is 33.9 Å². The van der Waals surface area contributed by atoms with Gasteiger partial charge in [-0.3, -0.25) is 0 Å². The van der Waals surface area contributed by atoms with Crippen LogP contribution in [0.3, 0.4) is 0 Å². The highest BCUT2D eigenvalue weighted by Crippen LogP contribution is 2.23. The van der Waals surface area contributed by atoms with Gasteiger partial charge in [-0.2, -0.15) is 0 Å². The molecular weight excluding hydrogens is 358 g/mol. The first-order valence-electron chi connectivity index (χ1n) is 6.41. The smallest absolute Gasteiger partial charge is 0.0931 e. The largest absolute Gasteiger partial charge is 0.388 e. The Balaban J connectivity index is 1.80. The average Bonchev–Trinajstić information content (AvgIpc) is 2.82. The lowest BCUT2D eigenvalue weighted by atomic mass is 10.1. The van der Waals surface area contributed by atoms with E-state index in [2.05, 4.69) is 33.9 Å². The van der Waals surface area contributed by atoms with Gasteiger partial charge in [0.15, 0.2) is 0 Å². The number of aliphatic hydroxyl groups is 1. The lowest BCUT2D eigenvalue weighted by Gasteiger charge is -2.18. The summed E-state index contributed by atoms with van der Waals surface area (Å²) < 4.78 is 1.85. The van der Waals surface area contributed by atoms with E-state index >= 15 is 0 Å². The summed E-state index contributed by atoms with van der Waals surface area (Å²) >= 11 is 10.9. The Hall–Kier alpha value is -0.390. The van der Waals surface area contributed by atoms with Crippen LogP contribution in [0.25, 0.3) is 0 Å². The molecule has 0 fully saturated rings. The molecule has 20 heavy (non-hydrogen) atoms. The van der Waals surface area contributed by atoms with Crippen LogP contribution in [-0.4, -0.2) is 23.6 Å². The molecule has 5 heteroatoms. The van der Waals surface area contributed by atoms with Gasteiger partial charge < -0.3 is 10.0 Å². The summed E-state index contributed by atoms with van der Waals surface area (Å²) in [7, 11) is 2.06. The van der Waals surface area contributed by atoms with Crippen molar-refractivity contribution in [2.45, 2.75) is 19.1 Å². The van der Waals surface area contributed by atoms with Crippen LogP contribution < -0.4 is 0 Å². The second-order valence-corrected chi connectivity index (χ2v) is 7.51. The Morgan fingerprint density at radius 2 is 1.95 bits per heavy atom. The summed E-state index contributed by atoms with van der Waals surface area (Å²) in [6, 6.07) is 11.8. The third-order valence-corrected chi connectivity index (χ3v) is 4.84. The first kappa shape index (κ1) is 16.0. The number of aliphatic hydroxyl groups excluding tert-OH is 1. The van der Waals surface area contributed by atoms with E-state index in [1.165, 1.54) is 4.88 Å². The molecule has 1 heterocycles. The number of thiophene rings is 1. The average molecular weight is 375 g/mol. The lowest BCUT2D eigenvalue weighted by molar-refractivity contribution is 0.148. The molecule has 1 N–H and O–H groups in total. The predicted octanol–water partition coefficient (Wildman–Crippen LogP) is 4.72. The third-order valence-electron chi connectivity index (χ3n) is 3.09. The van der Waals surface area contributed by atoms with Crippen LogP contribution in [0, 0.1) is 0 Å². The maximum atomic E-state index is 10.2. The van der Waals surface area contributed by atoms with Crippen LogP contribution in [0.4, 0.5) is 0 Å². The maximum absolute atomic E-state index is 10.2. The summed E-state index contributed by atoms with van der Waals surface area (Å²) in [5, 5.41) is 10.2. The van der Waals surface area contributed by atoms with Crippen molar-refractivity contribution in [3.8, 4) is 0 Å². The Labute approximate surface area is 137 Å². The Bertz CT molecular complexity index is 543. The molecular formula is C15H17BrClNOS. The van der Waals surface area contributed by atoms with Gasteiger partial charge >= 0.3 is 0 Å². The van der Waals surface area contributed by atoms with Gasteiger partial charge in [-0.1, -0.05) is 39.7 Å². The molecule has 0 spiro atoms. The molecule has 0 saturated heterocycles. The second kappa shape index (κ2) is 7.57. The third kappa shape index (κ3) is 4.86. The molecule has 1 unspecified atom stereocenters. The highest BCUT2D eigenvalue weighted by Gasteiger charge is 2.10. The molecule has 1 aromatic carbocycles. The SMILES string of the molecule is CN(CCC(O)c1ccc(Br)cc1)Cc1ccc(Cl)s1. The molecule has 0 aliphatic carbocycles. The standard InChI is InChI=1S/C15H17BrClNOS/c1-18(10-13-6-7-15(17)20-13)9-8-14(19)11-2-4-12(16)5-3-11/h2-7,14,19H,8-10H2,1H3. The van der Waals surface area contributed by atoms with E-state index in [9.17, 15) is 5.11 Å². The van der Waals surface area contributed by atoms with Crippen molar-refractivity contribution in [3.05, 3.63) is 55.6 Å². The number of hydrogen-bond acceptors (Lipinski definition) is 3. The van der Waals surface area contributed by atoms with Crippen molar-refractivity contribution < 1.29 is 5.11 Å². The van der Waals surface area contributed by atoms with Crippen molar-refractivity contribution in [1.82, 2.24) is 4.90 Å². The van der Waals surface area contributed by atoms with E-state index in [1.807, 2.05) is 30.3 Å². The van der Waals surface area contributed by atoms with Crippen molar-refractivity contribution in [2.24, 2.45) is 0 Å². The van der Waals surface area contributed by atoms with Gasteiger partial charge in [0.1, 0.15) is 0 Å². The van der Waals surface area contributed by atoms with Gasteiger partial charge in [0.25, 0.3) is 0 Å². The number of halogens is 2.